The van der Waals surface area contributed by atoms with Crippen LogP contribution in [-0.4, -0.2) is 23.1 Å². The third-order valence-electron chi connectivity index (χ3n) is 3.83. The molecular weight excluding hydrogens is 427 g/mol. The van der Waals surface area contributed by atoms with E-state index in [1.165, 1.54) is 31.4 Å². The molecule has 0 fully saturated rings. The van der Waals surface area contributed by atoms with E-state index in [1.54, 1.807) is 0 Å². The fourth-order valence-corrected chi connectivity index (χ4v) is 3.16. The maximum atomic E-state index is 12.8. The Labute approximate surface area is 171 Å². The summed E-state index contributed by atoms with van der Waals surface area (Å²) in [5, 5.41) is 11.3. The van der Waals surface area contributed by atoms with Crippen LogP contribution in [0.1, 0.15) is 11.1 Å². The number of halogens is 3. The molecule has 1 amide bonds. The number of nitro groups is 1. The van der Waals surface area contributed by atoms with Crippen LogP contribution < -0.4 is 15.2 Å². The number of nitro benzene ring substituents is 1. The second-order valence-electron chi connectivity index (χ2n) is 5.82. The van der Waals surface area contributed by atoms with Gasteiger partial charge < -0.3 is 15.2 Å². The molecule has 2 N–H and O–H groups in total. The van der Waals surface area contributed by atoms with E-state index in [0.717, 1.165) is 17.8 Å². The molecule has 0 aliphatic carbocycles. The van der Waals surface area contributed by atoms with Crippen LogP contribution in [0.5, 0.6) is 17.2 Å². The Kier molecular flexibility index (Phi) is 5.69. The van der Waals surface area contributed by atoms with Crippen LogP contribution in [0.15, 0.2) is 46.3 Å². The van der Waals surface area contributed by atoms with Crippen LogP contribution in [0.3, 0.4) is 0 Å². The summed E-state index contributed by atoms with van der Waals surface area (Å²) < 4.78 is 49.2. The van der Waals surface area contributed by atoms with Gasteiger partial charge in [0.2, 0.25) is 5.75 Å². The molecule has 0 radical (unpaired) electrons. The first-order valence-electron chi connectivity index (χ1n) is 8.08. The van der Waals surface area contributed by atoms with Gasteiger partial charge in [-0.2, -0.15) is 18.2 Å². The van der Waals surface area contributed by atoms with Crippen molar-refractivity contribution in [2.24, 2.45) is 10.7 Å². The van der Waals surface area contributed by atoms with Gasteiger partial charge in [-0.25, -0.2) is 0 Å². The number of methoxy groups -OCH3 is 1. The number of alkyl halides is 3. The van der Waals surface area contributed by atoms with Gasteiger partial charge in [-0.3, -0.25) is 14.9 Å². The van der Waals surface area contributed by atoms with Crippen molar-refractivity contribution in [2.45, 2.75) is 6.18 Å². The van der Waals surface area contributed by atoms with E-state index >= 15 is 0 Å². The number of amidine groups is 1. The first kappa shape index (κ1) is 21.2. The molecular formula is C18H12F3N3O5S. The van der Waals surface area contributed by atoms with Crippen molar-refractivity contribution in [3.05, 3.63) is 62.5 Å². The number of hydrogen-bond donors (Lipinski definition) is 1. The maximum Gasteiger partial charge on any atom is 0.416 e. The largest absolute Gasteiger partial charge is 0.493 e. The summed E-state index contributed by atoms with van der Waals surface area (Å²) in [5.41, 5.74) is 4.00. The maximum absolute atomic E-state index is 12.8. The van der Waals surface area contributed by atoms with E-state index in [4.69, 9.17) is 15.2 Å². The number of thioether (sulfide) groups is 1. The summed E-state index contributed by atoms with van der Waals surface area (Å²) in [6, 6.07) is 6.36. The number of nitrogens with two attached hydrogens (primary N) is 1. The van der Waals surface area contributed by atoms with Gasteiger partial charge in [-0.05, 0) is 47.7 Å². The molecule has 12 heteroatoms. The SMILES string of the molecule is COc1cc(C=C2SC(N)=NC2=O)ccc1Oc1ccc(C(F)(F)F)cc1[N+](=O)[O-]. The standard InChI is InChI=1S/C18H12F3N3O5S/c1-28-14-6-9(7-15-16(25)23-17(22)30-15)2-4-13(14)29-12-5-3-10(18(19,20)21)8-11(12)24(26)27/h2-8H,1H3,(H2,22,23,25). The predicted octanol–water partition coefficient (Wildman–Crippen LogP) is 4.34. The number of nitrogens with zero attached hydrogens (tertiary/aromatic N) is 2. The fourth-order valence-electron chi connectivity index (χ4n) is 2.48. The van der Waals surface area contributed by atoms with Gasteiger partial charge in [-0.1, -0.05) is 6.07 Å². The highest BCUT2D eigenvalue weighted by Gasteiger charge is 2.33. The molecule has 2 aromatic rings. The van der Waals surface area contributed by atoms with Crippen molar-refractivity contribution in [2.75, 3.05) is 7.11 Å². The Morgan fingerprint density at radius 1 is 1.17 bits per heavy atom. The Morgan fingerprint density at radius 2 is 1.87 bits per heavy atom. The van der Waals surface area contributed by atoms with E-state index in [1.807, 2.05) is 0 Å². The van der Waals surface area contributed by atoms with Crippen LogP contribution in [0.4, 0.5) is 18.9 Å². The minimum atomic E-state index is -4.74. The lowest BCUT2D eigenvalue weighted by molar-refractivity contribution is -0.385. The molecule has 0 saturated heterocycles. The number of carbonyl (C=O) groups excluding carboxylic acids is 1. The highest BCUT2D eigenvalue weighted by Crippen LogP contribution is 2.40. The molecule has 0 saturated carbocycles. The molecule has 2 aromatic carbocycles. The van der Waals surface area contributed by atoms with Gasteiger partial charge in [0.15, 0.2) is 16.7 Å². The summed E-state index contributed by atoms with van der Waals surface area (Å²) >= 11 is 0.998. The van der Waals surface area contributed by atoms with Crippen molar-refractivity contribution in [3.8, 4) is 17.2 Å². The number of carbonyl (C=O) groups is 1. The Hall–Kier alpha value is -3.54. The summed E-state index contributed by atoms with van der Waals surface area (Å²) in [5.74, 6) is -0.705. The molecule has 0 spiro atoms. The minimum absolute atomic E-state index is 0.0312. The molecule has 0 aromatic heterocycles. The zero-order valence-electron chi connectivity index (χ0n) is 15.1. The second kappa shape index (κ2) is 8.06. The van der Waals surface area contributed by atoms with Crippen molar-refractivity contribution in [1.29, 1.82) is 0 Å². The predicted molar refractivity (Wildman–Crippen MR) is 103 cm³/mol. The molecule has 8 nitrogen and oxygen atoms in total. The molecule has 1 aliphatic heterocycles. The minimum Gasteiger partial charge on any atom is -0.493 e. The molecule has 0 unspecified atom stereocenters. The van der Waals surface area contributed by atoms with Crippen LogP contribution in [0.25, 0.3) is 6.08 Å². The van der Waals surface area contributed by atoms with Crippen molar-refractivity contribution >= 4 is 34.6 Å². The number of hydrogen-bond acceptors (Lipinski definition) is 7. The monoisotopic (exact) mass is 439 g/mol. The van der Waals surface area contributed by atoms with Gasteiger partial charge in [0.05, 0.1) is 22.5 Å². The molecule has 1 heterocycles. The number of amides is 1. The highest BCUT2D eigenvalue weighted by molar-refractivity contribution is 8.18. The van der Waals surface area contributed by atoms with Crippen LogP contribution in [0.2, 0.25) is 0 Å². The highest BCUT2D eigenvalue weighted by atomic mass is 32.2. The third-order valence-corrected chi connectivity index (χ3v) is 4.64. The molecule has 0 atom stereocenters. The molecule has 156 valence electrons. The van der Waals surface area contributed by atoms with Gasteiger partial charge in [0.1, 0.15) is 0 Å². The quantitative estimate of drug-likeness (QED) is 0.418. The zero-order valence-corrected chi connectivity index (χ0v) is 15.9. The first-order valence-corrected chi connectivity index (χ1v) is 8.89. The Bertz CT molecular complexity index is 1100. The number of rotatable bonds is 5. The van der Waals surface area contributed by atoms with E-state index in [0.29, 0.717) is 22.6 Å². The van der Waals surface area contributed by atoms with Gasteiger partial charge in [0.25, 0.3) is 5.91 Å². The van der Waals surface area contributed by atoms with Crippen molar-refractivity contribution < 1.29 is 32.4 Å². The smallest absolute Gasteiger partial charge is 0.416 e. The lowest BCUT2D eigenvalue weighted by Crippen LogP contribution is -2.06. The Morgan fingerprint density at radius 3 is 2.43 bits per heavy atom. The van der Waals surface area contributed by atoms with E-state index in [-0.39, 0.29) is 22.4 Å². The second-order valence-corrected chi connectivity index (χ2v) is 6.88. The first-order chi connectivity index (χ1) is 14.1. The summed E-state index contributed by atoms with van der Waals surface area (Å²) in [7, 11) is 1.32. The van der Waals surface area contributed by atoms with Crippen molar-refractivity contribution in [3.63, 3.8) is 0 Å². The fraction of sp³-hybridized carbons (Fsp3) is 0.111. The molecule has 3 rings (SSSR count). The normalized spacial score (nSPS) is 15.3. The Balaban J connectivity index is 1.93. The van der Waals surface area contributed by atoms with E-state index in [2.05, 4.69) is 4.99 Å². The lowest BCUT2D eigenvalue weighted by Gasteiger charge is -2.13. The topological polar surface area (TPSA) is 117 Å². The molecule has 1 aliphatic rings. The van der Waals surface area contributed by atoms with Gasteiger partial charge in [0, 0.05) is 6.07 Å². The van der Waals surface area contributed by atoms with E-state index in [9.17, 15) is 28.1 Å². The summed E-state index contributed by atoms with van der Waals surface area (Å²) in [6.45, 7) is 0. The van der Waals surface area contributed by atoms with Crippen LogP contribution >= 0.6 is 11.8 Å². The number of ether oxygens (including phenoxy) is 2. The average Bonchev–Trinajstić information content (AvgIpc) is 2.98. The van der Waals surface area contributed by atoms with Gasteiger partial charge >= 0.3 is 11.9 Å². The number of aliphatic imine (C=N–C) groups is 1. The zero-order chi connectivity index (χ0) is 22.1. The van der Waals surface area contributed by atoms with Crippen LogP contribution in [-0.2, 0) is 11.0 Å². The van der Waals surface area contributed by atoms with Crippen molar-refractivity contribution in [1.82, 2.24) is 0 Å². The third kappa shape index (κ3) is 4.54. The number of benzene rings is 2. The van der Waals surface area contributed by atoms with Gasteiger partial charge in [-0.15, -0.1) is 0 Å². The van der Waals surface area contributed by atoms with E-state index < -0.39 is 28.3 Å². The summed E-state index contributed by atoms with van der Waals surface area (Å²) in [4.78, 5) is 25.8. The molecule has 0 bridgehead atoms. The van der Waals surface area contributed by atoms with Crippen LogP contribution in [0, 0.1) is 10.1 Å². The summed E-state index contributed by atoms with van der Waals surface area (Å²) in [6.07, 6.45) is -3.22. The lowest BCUT2D eigenvalue weighted by atomic mass is 10.1. The molecule has 30 heavy (non-hydrogen) atoms. The average molecular weight is 439 g/mol.